The van der Waals surface area contributed by atoms with E-state index in [4.69, 9.17) is 0 Å². The molecule has 29 heavy (non-hydrogen) atoms. The summed E-state index contributed by atoms with van der Waals surface area (Å²) in [5, 5.41) is 6.35. The second-order valence-corrected chi connectivity index (χ2v) is 7.17. The van der Waals surface area contributed by atoms with Crippen LogP contribution >= 0.6 is 0 Å². The fraction of sp³-hybridized carbons (Fsp3) is 0.350. The predicted molar refractivity (Wildman–Crippen MR) is 102 cm³/mol. The number of hydrogen-bond donors (Lipinski definition) is 2. The van der Waals surface area contributed by atoms with Crippen molar-refractivity contribution in [3.63, 3.8) is 0 Å². The van der Waals surface area contributed by atoms with Crippen LogP contribution in [0.4, 0.5) is 19.0 Å². The van der Waals surface area contributed by atoms with Crippen molar-refractivity contribution in [3.8, 4) is 0 Å². The van der Waals surface area contributed by atoms with Gasteiger partial charge >= 0.3 is 6.18 Å². The summed E-state index contributed by atoms with van der Waals surface area (Å²) in [5.41, 5.74) is -0.131. The lowest BCUT2D eigenvalue weighted by atomic mass is 9.91. The summed E-state index contributed by atoms with van der Waals surface area (Å²) in [5.74, 6) is 0.436. The van der Waals surface area contributed by atoms with E-state index < -0.39 is 11.9 Å². The summed E-state index contributed by atoms with van der Waals surface area (Å²) >= 11 is 0. The first-order valence-corrected chi connectivity index (χ1v) is 9.43. The van der Waals surface area contributed by atoms with E-state index in [1.54, 1.807) is 36.5 Å². The van der Waals surface area contributed by atoms with Crippen LogP contribution in [-0.2, 0) is 6.18 Å². The molecule has 1 fully saturated rings. The van der Waals surface area contributed by atoms with Crippen molar-refractivity contribution in [2.45, 2.75) is 43.9 Å². The number of anilines is 1. The number of carbonyl (C=O) groups is 1. The van der Waals surface area contributed by atoms with Crippen molar-refractivity contribution < 1.29 is 18.0 Å². The molecular formula is C20H20F3N5O. The number of nitrogens with one attached hydrogen (secondary N) is 2. The largest absolute Gasteiger partial charge is 0.434 e. The average Bonchev–Trinajstić information content (AvgIpc) is 3.16. The number of fused-ring (bicyclic) bond motifs is 1. The van der Waals surface area contributed by atoms with Gasteiger partial charge in [0.05, 0.1) is 5.56 Å². The van der Waals surface area contributed by atoms with Gasteiger partial charge in [0, 0.05) is 30.7 Å². The highest BCUT2D eigenvalue weighted by molar-refractivity contribution is 5.94. The molecule has 0 atom stereocenters. The highest BCUT2D eigenvalue weighted by Crippen LogP contribution is 2.30. The Bertz CT molecular complexity index is 994. The van der Waals surface area contributed by atoms with Gasteiger partial charge in [-0.25, -0.2) is 4.98 Å². The van der Waals surface area contributed by atoms with Gasteiger partial charge in [-0.1, -0.05) is 6.07 Å². The molecular weight excluding hydrogens is 383 g/mol. The van der Waals surface area contributed by atoms with Gasteiger partial charge in [0.25, 0.3) is 5.91 Å². The second kappa shape index (κ2) is 7.73. The number of rotatable bonds is 4. The molecule has 0 bridgehead atoms. The summed E-state index contributed by atoms with van der Waals surface area (Å²) in [6.45, 7) is 0. The number of alkyl halides is 3. The van der Waals surface area contributed by atoms with Gasteiger partial charge in [-0.2, -0.15) is 13.2 Å². The Labute approximate surface area is 165 Å². The quantitative estimate of drug-likeness (QED) is 0.693. The molecule has 0 aliphatic heterocycles. The monoisotopic (exact) mass is 403 g/mol. The van der Waals surface area contributed by atoms with Crippen LogP contribution in [0.15, 0.2) is 48.9 Å². The molecule has 3 aromatic heterocycles. The SMILES string of the molecule is O=C(NC1CCC(Nc2cccc3nc(C(F)(F)F)cn23)CC1)c1cccnc1. The molecule has 1 saturated carbocycles. The average molecular weight is 403 g/mol. The fourth-order valence-corrected chi connectivity index (χ4v) is 3.62. The van der Waals surface area contributed by atoms with Crippen LogP contribution < -0.4 is 10.6 Å². The minimum absolute atomic E-state index is 0.0709. The number of aromatic nitrogens is 3. The maximum Gasteiger partial charge on any atom is 0.434 e. The van der Waals surface area contributed by atoms with Crippen molar-refractivity contribution in [2.24, 2.45) is 0 Å². The van der Waals surface area contributed by atoms with Gasteiger partial charge in [-0.05, 0) is 49.9 Å². The molecule has 4 rings (SSSR count). The molecule has 2 N–H and O–H groups in total. The lowest BCUT2D eigenvalue weighted by molar-refractivity contribution is -0.140. The van der Waals surface area contributed by atoms with E-state index >= 15 is 0 Å². The van der Waals surface area contributed by atoms with Crippen LogP contribution in [0.5, 0.6) is 0 Å². The zero-order chi connectivity index (χ0) is 20.4. The molecule has 0 saturated heterocycles. The summed E-state index contributed by atoms with van der Waals surface area (Å²) in [4.78, 5) is 19.9. The van der Waals surface area contributed by atoms with Crippen molar-refractivity contribution in [1.29, 1.82) is 0 Å². The lowest BCUT2D eigenvalue weighted by Crippen LogP contribution is -2.40. The number of imidazole rings is 1. The minimum Gasteiger partial charge on any atom is -0.368 e. The third kappa shape index (κ3) is 4.33. The summed E-state index contributed by atoms with van der Waals surface area (Å²) in [7, 11) is 0. The molecule has 1 amide bonds. The molecule has 3 heterocycles. The third-order valence-corrected chi connectivity index (χ3v) is 5.12. The van der Waals surface area contributed by atoms with E-state index in [1.165, 1.54) is 10.6 Å². The van der Waals surface area contributed by atoms with Crippen molar-refractivity contribution in [2.75, 3.05) is 5.32 Å². The van der Waals surface area contributed by atoms with E-state index in [0.29, 0.717) is 11.4 Å². The second-order valence-electron chi connectivity index (χ2n) is 7.17. The van der Waals surface area contributed by atoms with Gasteiger partial charge < -0.3 is 10.6 Å². The van der Waals surface area contributed by atoms with Gasteiger partial charge in [0.1, 0.15) is 11.5 Å². The maximum atomic E-state index is 13.0. The Balaban J connectivity index is 1.37. The van der Waals surface area contributed by atoms with E-state index in [0.717, 1.165) is 31.9 Å². The van der Waals surface area contributed by atoms with Gasteiger partial charge in [-0.3, -0.25) is 14.2 Å². The zero-order valence-electron chi connectivity index (χ0n) is 15.5. The number of amides is 1. The molecule has 6 nitrogen and oxygen atoms in total. The maximum absolute atomic E-state index is 13.0. The lowest BCUT2D eigenvalue weighted by Gasteiger charge is -2.30. The van der Waals surface area contributed by atoms with E-state index in [1.807, 2.05) is 0 Å². The van der Waals surface area contributed by atoms with Crippen LogP contribution in [-0.4, -0.2) is 32.4 Å². The minimum atomic E-state index is -4.48. The Kier molecular flexibility index (Phi) is 5.12. The first-order chi connectivity index (χ1) is 13.9. The predicted octanol–water partition coefficient (Wildman–Crippen LogP) is 3.90. The van der Waals surface area contributed by atoms with Crippen LogP contribution in [0.2, 0.25) is 0 Å². The molecule has 3 aromatic rings. The van der Waals surface area contributed by atoms with Crippen molar-refractivity contribution >= 4 is 17.4 Å². The Hall–Kier alpha value is -3.10. The number of pyridine rings is 2. The Morgan fingerprint density at radius 2 is 1.83 bits per heavy atom. The zero-order valence-corrected chi connectivity index (χ0v) is 15.5. The highest BCUT2D eigenvalue weighted by atomic mass is 19.4. The molecule has 0 aromatic carbocycles. The smallest absolute Gasteiger partial charge is 0.368 e. The topological polar surface area (TPSA) is 71.3 Å². The summed E-state index contributed by atoms with van der Waals surface area (Å²) in [6.07, 6.45) is 2.86. The standard InChI is InChI=1S/C20H20F3N5O/c21-20(22,23)16-12-28-17(4-1-5-18(28)27-16)25-14-6-8-15(9-7-14)26-19(29)13-3-2-10-24-11-13/h1-5,10-12,14-15,25H,6-9H2,(H,26,29). The van der Waals surface area contributed by atoms with Crippen LogP contribution in [0.25, 0.3) is 5.65 Å². The number of hydrogen-bond acceptors (Lipinski definition) is 4. The normalized spacial score (nSPS) is 19.8. The van der Waals surface area contributed by atoms with Crippen LogP contribution in [0, 0.1) is 0 Å². The molecule has 0 radical (unpaired) electrons. The molecule has 152 valence electrons. The Morgan fingerprint density at radius 1 is 1.07 bits per heavy atom. The molecule has 0 spiro atoms. The summed E-state index contributed by atoms with van der Waals surface area (Å²) in [6, 6.07) is 8.60. The first kappa shape index (κ1) is 19.2. The molecule has 1 aliphatic carbocycles. The van der Waals surface area contributed by atoms with Gasteiger partial charge in [0.2, 0.25) is 0 Å². The number of nitrogens with zero attached hydrogens (tertiary/aromatic N) is 3. The van der Waals surface area contributed by atoms with Gasteiger partial charge in [0.15, 0.2) is 5.69 Å². The van der Waals surface area contributed by atoms with E-state index in [9.17, 15) is 18.0 Å². The fourth-order valence-electron chi connectivity index (χ4n) is 3.62. The summed E-state index contributed by atoms with van der Waals surface area (Å²) < 4.78 is 40.3. The van der Waals surface area contributed by atoms with E-state index in [-0.39, 0.29) is 23.6 Å². The number of carbonyl (C=O) groups excluding carboxylic acids is 1. The van der Waals surface area contributed by atoms with E-state index in [2.05, 4.69) is 20.6 Å². The van der Waals surface area contributed by atoms with Crippen molar-refractivity contribution in [1.82, 2.24) is 19.7 Å². The highest BCUT2D eigenvalue weighted by Gasteiger charge is 2.34. The molecule has 0 unspecified atom stereocenters. The first-order valence-electron chi connectivity index (χ1n) is 9.43. The number of halogens is 3. The Morgan fingerprint density at radius 3 is 2.52 bits per heavy atom. The van der Waals surface area contributed by atoms with Gasteiger partial charge in [-0.15, -0.1) is 0 Å². The van der Waals surface area contributed by atoms with Crippen molar-refractivity contribution in [3.05, 3.63) is 60.2 Å². The molecule has 1 aliphatic rings. The van der Waals surface area contributed by atoms with Crippen LogP contribution in [0.3, 0.4) is 0 Å². The third-order valence-electron chi connectivity index (χ3n) is 5.12. The molecule has 9 heteroatoms. The van der Waals surface area contributed by atoms with Crippen LogP contribution in [0.1, 0.15) is 41.7 Å².